The zero-order valence-corrected chi connectivity index (χ0v) is 16.4. The van der Waals surface area contributed by atoms with Gasteiger partial charge in [0.05, 0.1) is 12.2 Å². The fourth-order valence-electron chi connectivity index (χ4n) is 2.49. The average Bonchev–Trinajstić information content (AvgIpc) is 2.96. The van der Waals surface area contributed by atoms with Gasteiger partial charge in [-0.05, 0) is 51.8 Å². The summed E-state index contributed by atoms with van der Waals surface area (Å²) in [5.41, 5.74) is 0.908. The van der Waals surface area contributed by atoms with Crippen LogP contribution in [0.2, 0.25) is 0 Å². The number of aliphatic carboxylic acids is 1. The number of rotatable bonds is 10. The van der Waals surface area contributed by atoms with Crippen molar-refractivity contribution >= 4 is 13.7 Å². The minimum atomic E-state index is -3.75. The Morgan fingerprint density at radius 1 is 1.19 bits per heavy atom. The highest BCUT2D eigenvalue weighted by atomic mass is 31.2. The quantitative estimate of drug-likeness (QED) is 0.611. The summed E-state index contributed by atoms with van der Waals surface area (Å²) in [6, 6.07) is 5.50. The molecule has 0 unspecified atom stereocenters. The van der Waals surface area contributed by atoms with Crippen LogP contribution in [0.15, 0.2) is 18.2 Å². The Balaban J connectivity index is 2.16. The van der Waals surface area contributed by atoms with Crippen LogP contribution in [0.5, 0.6) is 11.5 Å². The Hall–Kier alpha value is -1.60. The lowest BCUT2D eigenvalue weighted by molar-refractivity contribution is -0.137. The molecule has 0 aliphatic carbocycles. The molecule has 0 fully saturated rings. The van der Waals surface area contributed by atoms with Crippen molar-refractivity contribution in [1.29, 1.82) is 0 Å². The molecule has 9 heteroatoms. The van der Waals surface area contributed by atoms with Gasteiger partial charge in [-0.3, -0.25) is 13.8 Å². The molecule has 1 aliphatic heterocycles. The highest BCUT2D eigenvalue weighted by Gasteiger charge is 2.37. The Morgan fingerprint density at radius 3 is 2.38 bits per heavy atom. The number of benzene rings is 1. The van der Waals surface area contributed by atoms with E-state index in [-0.39, 0.29) is 25.5 Å². The predicted molar refractivity (Wildman–Crippen MR) is 95.5 cm³/mol. The summed E-state index contributed by atoms with van der Waals surface area (Å²) in [6.45, 7) is 6.86. The van der Waals surface area contributed by atoms with Gasteiger partial charge >= 0.3 is 13.7 Å². The van der Waals surface area contributed by atoms with Gasteiger partial charge in [-0.25, -0.2) is 4.57 Å². The van der Waals surface area contributed by atoms with Crippen LogP contribution in [0.1, 0.15) is 33.3 Å². The van der Waals surface area contributed by atoms with E-state index >= 15 is 0 Å². The van der Waals surface area contributed by atoms with Crippen LogP contribution < -0.4 is 9.47 Å². The molecule has 146 valence electrons. The van der Waals surface area contributed by atoms with Crippen molar-refractivity contribution in [3.8, 4) is 11.5 Å². The molecular weight excluding hydrogens is 361 g/mol. The van der Waals surface area contributed by atoms with Gasteiger partial charge in [0, 0.05) is 6.54 Å². The van der Waals surface area contributed by atoms with E-state index in [2.05, 4.69) is 0 Å². The number of carboxylic acid groups (broad SMARTS) is 1. The number of ether oxygens (including phenoxy) is 2. The predicted octanol–water partition coefficient (Wildman–Crippen LogP) is 3.30. The SMILES string of the molecule is CC(C)OP(=O)(OC(C)C)N(CCc1ccc2c(c1)OCO2)CC(=O)O. The maximum Gasteiger partial charge on any atom is 0.409 e. The van der Waals surface area contributed by atoms with Crippen LogP contribution in [0.4, 0.5) is 0 Å². The van der Waals surface area contributed by atoms with E-state index in [9.17, 15) is 14.5 Å². The highest BCUT2D eigenvalue weighted by molar-refractivity contribution is 7.51. The summed E-state index contributed by atoms with van der Waals surface area (Å²) in [5.74, 6) is 0.219. The second kappa shape index (κ2) is 8.86. The van der Waals surface area contributed by atoms with Crippen LogP contribution in [0, 0.1) is 0 Å². The number of hydrogen-bond acceptors (Lipinski definition) is 6. The summed E-state index contributed by atoms with van der Waals surface area (Å²) < 4.78 is 36.2. The molecule has 1 N–H and O–H groups in total. The molecule has 26 heavy (non-hydrogen) atoms. The maximum absolute atomic E-state index is 13.3. The molecule has 1 heterocycles. The summed E-state index contributed by atoms with van der Waals surface area (Å²) in [7, 11) is -3.75. The minimum Gasteiger partial charge on any atom is -0.480 e. The van der Waals surface area contributed by atoms with Crippen molar-refractivity contribution in [2.24, 2.45) is 0 Å². The molecule has 0 saturated heterocycles. The molecule has 0 bridgehead atoms. The van der Waals surface area contributed by atoms with Crippen molar-refractivity contribution in [2.75, 3.05) is 19.9 Å². The van der Waals surface area contributed by atoms with Gasteiger partial charge in [0.25, 0.3) is 0 Å². The van der Waals surface area contributed by atoms with Crippen molar-refractivity contribution in [2.45, 2.75) is 46.3 Å². The van der Waals surface area contributed by atoms with E-state index in [4.69, 9.17) is 18.5 Å². The first kappa shape index (κ1) is 20.7. The number of nitrogens with zero attached hydrogens (tertiary/aromatic N) is 1. The molecule has 1 aromatic carbocycles. The van der Waals surface area contributed by atoms with Crippen LogP contribution in [-0.4, -0.2) is 47.8 Å². The van der Waals surface area contributed by atoms with E-state index in [0.717, 1.165) is 5.56 Å². The monoisotopic (exact) mass is 387 g/mol. The van der Waals surface area contributed by atoms with Gasteiger partial charge < -0.3 is 14.6 Å². The smallest absolute Gasteiger partial charge is 0.409 e. The van der Waals surface area contributed by atoms with Gasteiger partial charge in [-0.1, -0.05) is 6.07 Å². The zero-order valence-electron chi connectivity index (χ0n) is 15.5. The Labute approximate surface area is 153 Å². The standard InChI is InChI=1S/C17H26NO7P/c1-12(2)24-26(21,25-13(3)4)18(10-17(19)20)8-7-14-5-6-15-16(9-14)23-11-22-15/h5-6,9,12-13H,7-8,10-11H2,1-4H3,(H,19,20). The number of carbonyl (C=O) groups is 1. The lowest BCUT2D eigenvalue weighted by atomic mass is 10.1. The zero-order chi connectivity index (χ0) is 19.3. The molecule has 0 atom stereocenters. The van der Waals surface area contributed by atoms with Gasteiger partial charge in [-0.2, -0.15) is 4.67 Å². The largest absolute Gasteiger partial charge is 0.480 e. The van der Waals surface area contributed by atoms with E-state index < -0.39 is 20.3 Å². The third kappa shape index (κ3) is 5.71. The molecule has 1 aliphatic rings. The minimum absolute atomic E-state index is 0.184. The molecule has 2 rings (SSSR count). The van der Waals surface area contributed by atoms with E-state index in [1.165, 1.54) is 4.67 Å². The molecule has 0 saturated carbocycles. The fraction of sp³-hybridized carbons (Fsp3) is 0.588. The molecular formula is C17H26NO7P. The summed E-state index contributed by atoms with van der Waals surface area (Å²) in [4.78, 5) is 11.3. The molecule has 0 spiro atoms. The van der Waals surface area contributed by atoms with Crippen LogP contribution in [0.25, 0.3) is 0 Å². The van der Waals surface area contributed by atoms with Crippen molar-refractivity contribution in [1.82, 2.24) is 4.67 Å². The Kier molecular flexibility index (Phi) is 7.06. The molecule has 0 amide bonds. The van der Waals surface area contributed by atoms with Gasteiger partial charge in [0.15, 0.2) is 11.5 Å². The third-order valence-electron chi connectivity index (χ3n) is 3.45. The van der Waals surface area contributed by atoms with Crippen LogP contribution in [-0.2, 0) is 24.8 Å². The molecule has 0 aromatic heterocycles. The average molecular weight is 387 g/mol. The normalized spacial score (nSPS) is 13.8. The van der Waals surface area contributed by atoms with Crippen LogP contribution >= 0.6 is 7.75 Å². The Bertz CT molecular complexity index is 663. The topological polar surface area (TPSA) is 94.5 Å². The van der Waals surface area contributed by atoms with Gasteiger partial charge in [0.2, 0.25) is 6.79 Å². The first-order valence-corrected chi connectivity index (χ1v) is 10.0. The number of fused-ring (bicyclic) bond motifs is 1. The van der Waals surface area contributed by atoms with E-state index in [0.29, 0.717) is 17.9 Å². The molecule has 0 radical (unpaired) electrons. The summed E-state index contributed by atoms with van der Waals surface area (Å²) in [5, 5.41) is 9.23. The molecule has 8 nitrogen and oxygen atoms in total. The Morgan fingerprint density at radius 2 is 1.81 bits per heavy atom. The molecule has 1 aromatic rings. The van der Waals surface area contributed by atoms with E-state index in [1.807, 2.05) is 12.1 Å². The first-order chi connectivity index (χ1) is 12.2. The number of hydrogen-bond donors (Lipinski definition) is 1. The summed E-state index contributed by atoms with van der Waals surface area (Å²) >= 11 is 0. The van der Waals surface area contributed by atoms with Crippen molar-refractivity contribution in [3.63, 3.8) is 0 Å². The maximum atomic E-state index is 13.3. The lowest BCUT2D eigenvalue weighted by Crippen LogP contribution is -2.32. The van der Waals surface area contributed by atoms with Gasteiger partial charge in [0.1, 0.15) is 6.54 Å². The summed E-state index contributed by atoms with van der Waals surface area (Å²) in [6.07, 6.45) is -0.292. The van der Waals surface area contributed by atoms with Gasteiger partial charge in [-0.15, -0.1) is 0 Å². The van der Waals surface area contributed by atoms with Crippen LogP contribution in [0.3, 0.4) is 0 Å². The number of carboxylic acids is 1. The third-order valence-corrected chi connectivity index (χ3v) is 5.86. The second-order valence-electron chi connectivity index (χ2n) is 6.50. The van der Waals surface area contributed by atoms with Crippen molar-refractivity contribution < 1.29 is 33.0 Å². The fourth-order valence-corrected chi connectivity index (χ4v) is 4.51. The lowest BCUT2D eigenvalue weighted by Gasteiger charge is -2.31. The van der Waals surface area contributed by atoms with Crippen molar-refractivity contribution in [3.05, 3.63) is 23.8 Å². The first-order valence-electron chi connectivity index (χ1n) is 8.52. The van der Waals surface area contributed by atoms with E-state index in [1.54, 1.807) is 33.8 Å². The second-order valence-corrected chi connectivity index (χ2v) is 8.42. The highest BCUT2D eigenvalue weighted by Crippen LogP contribution is 2.54.